The number of alkyl halides is 3. The molecule has 1 aliphatic rings. The van der Waals surface area contributed by atoms with Gasteiger partial charge in [0.2, 0.25) is 0 Å². The van der Waals surface area contributed by atoms with Crippen molar-refractivity contribution < 1.29 is 35.1 Å². The summed E-state index contributed by atoms with van der Waals surface area (Å²) >= 11 is -0.520. The number of hydrogen-bond acceptors (Lipinski definition) is 5. The molecule has 2 aromatic carbocycles. The molecule has 0 amide bonds. The second-order valence-corrected chi connectivity index (χ2v) is 11.0. The number of halogens is 5. The van der Waals surface area contributed by atoms with Crippen LogP contribution in [0, 0.1) is 17.1 Å². The number of hydrogen-bond donors (Lipinski definition) is 0. The number of aromatic nitrogens is 1. The van der Waals surface area contributed by atoms with Gasteiger partial charge in [0.25, 0.3) is 10.0 Å². The van der Waals surface area contributed by atoms with Gasteiger partial charge in [-0.25, -0.2) is 21.2 Å². The Morgan fingerprint density at radius 2 is 1.91 bits per heavy atom. The van der Waals surface area contributed by atoms with Gasteiger partial charge < -0.3 is 4.74 Å². The monoisotopic (exact) mass is 526 g/mol. The zero-order chi connectivity index (χ0) is 25.6. The molecule has 3 aromatic rings. The molecular formula is C23H15F5N2O3S2. The van der Waals surface area contributed by atoms with Crippen LogP contribution >= 0.6 is 11.8 Å². The summed E-state index contributed by atoms with van der Waals surface area (Å²) in [6.45, 7) is 1.20. The smallest absolute Gasteiger partial charge is 0.446 e. The van der Waals surface area contributed by atoms with Gasteiger partial charge in [-0.2, -0.15) is 18.4 Å². The van der Waals surface area contributed by atoms with E-state index < -0.39 is 48.6 Å². The first-order valence-electron chi connectivity index (χ1n) is 9.92. The molecule has 12 heteroatoms. The zero-order valence-corrected chi connectivity index (χ0v) is 19.4. The van der Waals surface area contributed by atoms with Crippen molar-refractivity contribution in [1.82, 2.24) is 3.97 Å². The Balaban J connectivity index is 1.86. The van der Waals surface area contributed by atoms with Crippen LogP contribution in [0.3, 0.4) is 0 Å². The minimum Gasteiger partial charge on any atom is -0.456 e. The van der Waals surface area contributed by atoms with Gasteiger partial charge in [-0.3, -0.25) is 0 Å². The minimum atomic E-state index is -4.76. The first kappa shape index (κ1) is 24.8. The fraction of sp³-hybridized carbons (Fsp3) is 0.174. The van der Waals surface area contributed by atoms with Crippen molar-refractivity contribution in [1.29, 1.82) is 5.26 Å². The van der Waals surface area contributed by atoms with Gasteiger partial charge in [0.05, 0.1) is 16.0 Å². The standard InChI is InChI=1S/C23H15F5N2O3S2/c1-22(10-3-2-4-20(22)25)35(31,32)30-11-9-16-18(30)7-8-19(21(16)34-23(26,27)28)33-15-5-6-17(24)14(12-15)13-29/h2-9,11-12H,10H2,1H3. The number of ether oxygens (including phenoxy) is 1. The van der Waals surface area contributed by atoms with Crippen molar-refractivity contribution in [3.05, 3.63) is 78.0 Å². The van der Waals surface area contributed by atoms with E-state index in [4.69, 9.17) is 10.00 Å². The summed E-state index contributed by atoms with van der Waals surface area (Å²) in [6, 6.07) is 8.26. The van der Waals surface area contributed by atoms with Gasteiger partial charge in [-0.1, -0.05) is 12.2 Å². The fourth-order valence-corrected chi connectivity index (χ4v) is 6.02. The van der Waals surface area contributed by atoms with Crippen LogP contribution in [-0.4, -0.2) is 22.6 Å². The lowest BCUT2D eigenvalue weighted by Crippen LogP contribution is -2.40. The molecule has 35 heavy (non-hydrogen) atoms. The van der Waals surface area contributed by atoms with Crippen molar-refractivity contribution in [2.45, 2.75) is 28.5 Å². The highest BCUT2D eigenvalue weighted by Gasteiger charge is 2.45. The van der Waals surface area contributed by atoms with Gasteiger partial charge >= 0.3 is 5.51 Å². The van der Waals surface area contributed by atoms with Crippen molar-refractivity contribution in [2.24, 2.45) is 0 Å². The van der Waals surface area contributed by atoms with E-state index in [1.165, 1.54) is 31.2 Å². The quantitative estimate of drug-likeness (QED) is 0.270. The molecule has 0 N–H and O–H groups in total. The molecule has 0 aliphatic heterocycles. The van der Waals surface area contributed by atoms with Gasteiger partial charge in [-0.05, 0) is 61.5 Å². The minimum absolute atomic E-state index is 0.0907. The molecule has 5 nitrogen and oxygen atoms in total. The molecule has 0 fully saturated rings. The van der Waals surface area contributed by atoms with Crippen molar-refractivity contribution >= 4 is 32.7 Å². The van der Waals surface area contributed by atoms with Crippen LogP contribution in [0.2, 0.25) is 0 Å². The van der Waals surface area contributed by atoms with Crippen molar-refractivity contribution in [2.75, 3.05) is 0 Å². The normalized spacial score (nSPS) is 18.4. The Hall–Kier alpha value is -3.30. The van der Waals surface area contributed by atoms with Gasteiger partial charge in [0, 0.05) is 17.6 Å². The first-order chi connectivity index (χ1) is 16.4. The number of nitriles is 1. The third-order valence-corrected chi connectivity index (χ3v) is 8.67. The van der Waals surface area contributed by atoms with Gasteiger partial charge in [0.1, 0.15) is 34.0 Å². The van der Waals surface area contributed by atoms with Crippen LogP contribution < -0.4 is 4.74 Å². The van der Waals surface area contributed by atoms with Crippen molar-refractivity contribution in [3.8, 4) is 17.6 Å². The van der Waals surface area contributed by atoms with E-state index in [-0.39, 0.29) is 34.4 Å². The second kappa shape index (κ2) is 8.73. The van der Waals surface area contributed by atoms with Crippen molar-refractivity contribution in [3.63, 3.8) is 0 Å². The van der Waals surface area contributed by atoms with Gasteiger partial charge in [-0.15, -0.1) is 0 Å². The highest BCUT2D eigenvalue weighted by atomic mass is 32.2. The van der Waals surface area contributed by atoms with E-state index in [1.807, 2.05) is 0 Å². The fourth-order valence-electron chi connectivity index (χ4n) is 3.60. The molecule has 1 unspecified atom stereocenters. The highest BCUT2D eigenvalue weighted by molar-refractivity contribution is 8.00. The van der Waals surface area contributed by atoms with E-state index in [0.29, 0.717) is 0 Å². The second-order valence-electron chi connectivity index (χ2n) is 7.72. The Kier molecular flexibility index (Phi) is 6.19. The predicted molar refractivity (Wildman–Crippen MR) is 121 cm³/mol. The summed E-state index contributed by atoms with van der Waals surface area (Å²) in [7, 11) is -4.43. The van der Waals surface area contributed by atoms with Crippen LogP contribution in [0.25, 0.3) is 10.9 Å². The van der Waals surface area contributed by atoms with Crippen LogP contribution in [0.4, 0.5) is 22.0 Å². The van der Waals surface area contributed by atoms with E-state index >= 15 is 0 Å². The number of allylic oxidation sites excluding steroid dienone is 3. The lowest BCUT2D eigenvalue weighted by atomic mass is 10.0. The summed E-state index contributed by atoms with van der Waals surface area (Å²) in [4.78, 5) is -0.448. The number of fused-ring (bicyclic) bond motifs is 1. The molecule has 0 spiro atoms. The average molecular weight is 527 g/mol. The number of rotatable bonds is 5. The third-order valence-electron chi connectivity index (χ3n) is 5.47. The molecule has 4 rings (SSSR count). The third kappa shape index (κ3) is 4.41. The topological polar surface area (TPSA) is 72.1 Å². The summed E-state index contributed by atoms with van der Waals surface area (Å²) in [5.41, 5.74) is -5.23. The van der Waals surface area contributed by atoms with Crippen LogP contribution in [0.1, 0.15) is 18.9 Å². The lowest BCUT2D eigenvalue weighted by Gasteiger charge is -2.29. The molecule has 182 valence electrons. The molecule has 1 atom stereocenters. The lowest BCUT2D eigenvalue weighted by molar-refractivity contribution is -0.0328. The SMILES string of the molecule is CC1(S(=O)(=O)n2ccc3c(SC(F)(F)F)c(Oc4ccc(F)c(C#N)c4)ccc32)CC=CC=C1F. The van der Waals surface area contributed by atoms with E-state index in [1.54, 1.807) is 6.07 Å². The molecule has 1 aromatic heterocycles. The largest absolute Gasteiger partial charge is 0.456 e. The number of benzene rings is 2. The average Bonchev–Trinajstić information content (AvgIpc) is 3.23. The maximum absolute atomic E-state index is 14.6. The molecule has 0 radical (unpaired) electrons. The summed E-state index contributed by atoms with van der Waals surface area (Å²) < 4.78 is 99.6. The summed E-state index contributed by atoms with van der Waals surface area (Å²) in [6.07, 6.45) is 4.81. The van der Waals surface area contributed by atoms with Crippen LogP contribution in [-0.2, 0) is 10.0 Å². The summed E-state index contributed by atoms with van der Waals surface area (Å²) in [5.74, 6) is -2.10. The van der Waals surface area contributed by atoms with Gasteiger partial charge in [0.15, 0.2) is 0 Å². The molecule has 1 aliphatic carbocycles. The van der Waals surface area contributed by atoms with E-state index in [2.05, 4.69) is 0 Å². The Morgan fingerprint density at radius 1 is 1.17 bits per heavy atom. The van der Waals surface area contributed by atoms with E-state index in [0.717, 1.165) is 40.5 Å². The Bertz CT molecular complexity index is 1530. The van der Waals surface area contributed by atoms with E-state index in [9.17, 15) is 30.4 Å². The predicted octanol–water partition coefficient (Wildman–Crippen LogP) is 6.81. The summed E-state index contributed by atoms with van der Waals surface area (Å²) in [5, 5.41) is 8.89. The Labute approximate surface area is 201 Å². The molecule has 0 bridgehead atoms. The zero-order valence-electron chi connectivity index (χ0n) is 17.8. The molecule has 0 saturated heterocycles. The number of nitrogens with zero attached hydrogens (tertiary/aromatic N) is 2. The molecular weight excluding hydrogens is 511 g/mol. The molecule has 1 heterocycles. The molecule has 0 saturated carbocycles. The van der Waals surface area contributed by atoms with Crippen LogP contribution in [0.5, 0.6) is 11.5 Å². The van der Waals surface area contributed by atoms with Crippen LogP contribution in [0.15, 0.2) is 71.5 Å². The highest BCUT2D eigenvalue weighted by Crippen LogP contribution is 2.47. The maximum atomic E-state index is 14.6. The number of thioether (sulfide) groups is 1. The maximum Gasteiger partial charge on any atom is 0.446 e. The Morgan fingerprint density at radius 3 is 2.57 bits per heavy atom. The first-order valence-corrected chi connectivity index (χ1v) is 12.2.